The van der Waals surface area contributed by atoms with Gasteiger partial charge in [-0.15, -0.1) is 0 Å². The number of benzene rings is 1. The molecule has 100 valence electrons. The van der Waals surface area contributed by atoms with Gasteiger partial charge >= 0.3 is 0 Å². The number of nitrogens with two attached hydrogens (primary N) is 1. The van der Waals surface area contributed by atoms with Crippen LogP contribution in [0.2, 0.25) is 0 Å². The number of hydrogen-bond donors (Lipinski definition) is 3. The minimum absolute atomic E-state index is 0.00688. The van der Waals surface area contributed by atoms with Crippen LogP contribution in [0.5, 0.6) is 0 Å². The van der Waals surface area contributed by atoms with E-state index < -0.39 is 0 Å². The first-order chi connectivity index (χ1) is 8.69. The third-order valence-electron chi connectivity index (χ3n) is 2.95. The molecule has 1 amide bonds. The predicted molar refractivity (Wildman–Crippen MR) is 75.5 cm³/mol. The number of aryl methyl sites for hydroxylation is 1. The number of carbonyl (C=O) groups excluding carboxylic acids is 1. The van der Waals surface area contributed by atoms with Crippen LogP contribution in [0.1, 0.15) is 48.5 Å². The molecule has 0 bridgehead atoms. The van der Waals surface area contributed by atoms with Crippen molar-refractivity contribution in [2.24, 2.45) is 5.84 Å². The number of rotatable bonds is 7. The van der Waals surface area contributed by atoms with Gasteiger partial charge in [-0.05, 0) is 37.1 Å². The minimum Gasteiger partial charge on any atom is -0.352 e. The highest BCUT2D eigenvalue weighted by molar-refractivity contribution is 5.96. The second kappa shape index (κ2) is 7.71. The Balaban J connectivity index is 2.46. The van der Waals surface area contributed by atoms with Crippen LogP contribution in [-0.4, -0.2) is 12.5 Å². The highest BCUT2D eigenvalue weighted by atomic mass is 16.1. The Kier molecular flexibility index (Phi) is 6.22. The fourth-order valence-corrected chi connectivity index (χ4v) is 1.86. The van der Waals surface area contributed by atoms with Gasteiger partial charge in [0.25, 0.3) is 5.91 Å². The lowest BCUT2D eigenvalue weighted by molar-refractivity contribution is 0.0952. The fourth-order valence-electron chi connectivity index (χ4n) is 1.86. The molecule has 0 aromatic heterocycles. The molecule has 0 saturated carbocycles. The molecule has 4 heteroatoms. The van der Waals surface area contributed by atoms with Crippen LogP contribution in [0, 0.1) is 6.92 Å². The maximum Gasteiger partial charge on any atom is 0.251 e. The molecule has 0 radical (unpaired) electrons. The lowest BCUT2D eigenvalue weighted by atomic mass is 10.1. The summed E-state index contributed by atoms with van der Waals surface area (Å²) in [5.41, 5.74) is 5.02. The van der Waals surface area contributed by atoms with Gasteiger partial charge in [-0.2, -0.15) is 0 Å². The number of hydrazine groups is 1. The molecule has 0 saturated heterocycles. The number of carbonyl (C=O) groups is 1. The van der Waals surface area contributed by atoms with E-state index in [9.17, 15) is 4.79 Å². The average Bonchev–Trinajstić information content (AvgIpc) is 2.38. The minimum atomic E-state index is -0.00688. The van der Waals surface area contributed by atoms with Crippen molar-refractivity contribution < 1.29 is 4.79 Å². The number of unbranched alkanes of at least 4 members (excludes halogenated alkanes) is 3. The maximum absolute atomic E-state index is 11.9. The van der Waals surface area contributed by atoms with Gasteiger partial charge in [0, 0.05) is 17.8 Å². The van der Waals surface area contributed by atoms with Crippen LogP contribution in [0.25, 0.3) is 0 Å². The monoisotopic (exact) mass is 249 g/mol. The lowest BCUT2D eigenvalue weighted by Crippen LogP contribution is -2.25. The molecule has 4 N–H and O–H groups in total. The van der Waals surface area contributed by atoms with Crippen molar-refractivity contribution in [3.05, 3.63) is 29.3 Å². The zero-order valence-corrected chi connectivity index (χ0v) is 11.3. The molecular formula is C14H23N3O. The number of nitrogens with one attached hydrogen (secondary N) is 2. The third-order valence-corrected chi connectivity index (χ3v) is 2.95. The zero-order chi connectivity index (χ0) is 13.4. The van der Waals surface area contributed by atoms with Gasteiger partial charge < -0.3 is 10.7 Å². The first-order valence-corrected chi connectivity index (χ1v) is 6.54. The van der Waals surface area contributed by atoms with Gasteiger partial charge in [-0.1, -0.05) is 26.2 Å². The summed E-state index contributed by atoms with van der Waals surface area (Å²) in [6.07, 6.45) is 4.65. The second-order valence-corrected chi connectivity index (χ2v) is 4.49. The summed E-state index contributed by atoms with van der Waals surface area (Å²) in [5.74, 6) is 5.31. The van der Waals surface area contributed by atoms with Crippen LogP contribution >= 0.6 is 0 Å². The summed E-state index contributed by atoms with van der Waals surface area (Å²) in [7, 11) is 0. The van der Waals surface area contributed by atoms with Crippen LogP contribution in [-0.2, 0) is 0 Å². The molecule has 0 aliphatic heterocycles. The van der Waals surface area contributed by atoms with Crippen molar-refractivity contribution in [3.63, 3.8) is 0 Å². The molecule has 0 fully saturated rings. The average molecular weight is 249 g/mol. The zero-order valence-electron chi connectivity index (χ0n) is 11.3. The number of amides is 1. The van der Waals surface area contributed by atoms with Crippen molar-refractivity contribution in [3.8, 4) is 0 Å². The van der Waals surface area contributed by atoms with Crippen molar-refractivity contribution in [2.75, 3.05) is 12.0 Å². The Bertz CT molecular complexity index is 391. The predicted octanol–water partition coefficient (Wildman–Crippen LogP) is 2.59. The maximum atomic E-state index is 11.9. The van der Waals surface area contributed by atoms with E-state index in [1.165, 1.54) is 19.3 Å². The van der Waals surface area contributed by atoms with E-state index in [0.29, 0.717) is 5.56 Å². The highest BCUT2D eigenvalue weighted by Gasteiger charge is 2.08. The van der Waals surface area contributed by atoms with Gasteiger partial charge in [0.15, 0.2) is 0 Å². The van der Waals surface area contributed by atoms with Crippen LogP contribution < -0.4 is 16.6 Å². The van der Waals surface area contributed by atoms with Crippen molar-refractivity contribution in [1.29, 1.82) is 0 Å². The second-order valence-electron chi connectivity index (χ2n) is 4.49. The first-order valence-electron chi connectivity index (χ1n) is 6.54. The quantitative estimate of drug-likeness (QED) is 0.395. The summed E-state index contributed by atoms with van der Waals surface area (Å²) in [6.45, 7) is 4.83. The highest BCUT2D eigenvalue weighted by Crippen LogP contribution is 2.14. The smallest absolute Gasteiger partial charge is 0.251 e. The van der Waals surface area contributed by atoms with E-state index in [1.54, 1.807) is 12.1 Å². The molecule has 0 spiro atoms. The Morgan fingerprint density at radius 3 is 2.67 bits per heavy atom. The molecule has 1 aromatic carbocycles. The van der Waals surface area contributed by atoms with Crippen molar-refractivity contribution in [2.45, 2.75) is 39.5 Å². The SMILES string of the molecule is CCCCCCNC(=O)c1ccc(NN)cc1C. The van der Waals surface area contributed by atoms with Crippen molar-refractivity contribution in [1.82, 2.24) is 5.32 Å². The van der Waals surface area contributed by atoms with Gasteiger partial charge in [0.05, 0.1) is 0 Å². The Hall–Kier alpha value is -1.55. The molecule has 0 heterocycles. The summed E-state index contributed by atoms with van der Waals surface area (Å²) < 4.78 is 0. The summed E-state index contributed by atoms with van der Waals surface area (Å²) in [4.78, 5) is 11.9. The van der Waals surface area contributed by atoms with Gasteiger partial charge in [0.1, 0.15) is 0 Å². The molecular weight excluding hydrogens is 226 g/mol. The number of anilines is 1. The molecule has 18 heavy (non-hydrogen) atoms. The van der Waals surface area contributed by atoms with E-state index in [2.05, 4.69) is 17.7 Å². The van der Waals surface area contributed by atoms with Crippen LogP contribution in [0.3, 0.4) is 0 Å². The van der Waals surface area contributed by atoms with Gasteiger partial charge in [-0.25, -0.2) is 0 Å². The molecule has 0 unspecified atom stereocenters. The topological polar surface area (TPSA) is 67.2 Å². The van der Waals surface area contributed by atoms with E-state index >= 15 is 0 Å². The standard InChI is InChI=1S/C14H23N3O/c1-3-4-5-6-9-16-14(18)13-8-7-12(17-15)10-11(13)2/h7-8,10,17H,3-6,9,15H2,1-2H3,(H,16,18). The van der Waals surface area contributed by atoms with E-state index in [1.807, 2.05) is 13.0 Å². The van der Waals surface area contributed by atoms with Gasteiger partial charge in [0.2, 0.25) is 0 Å². The molecule has 0 aliphatic carbocycles. The lowest BCUT2D eigenvalue weighted by Gasteiger charge is -2.09. The fraction of sp³-hybridized carbons (Fsp3) is 0.500. The number of nitrogen functional groups attached to an aromatic ring is 1. The molecule has 0 atom stereocenters. The van der Waals surface area contributed by atoms with Crippen molar-refractivity contribution >= 4 is 11.6 Å². The molecule has 4 nitrogen and oxygen atoms in total. The van der Waals surface area contributed by atoms with Gasteiger partial charge in [-0.3, -0.25) is 10.6 Å². The summed E-state index contributed by atoms with van der Waals surface area (Å²) >= 11 is 0. The Morgan fingerprint density at radius 2 is 2.06 bits per heavy atom. The Morgan fingerprint density at radius 1 is 1.28 bits per heavy atom. The molecule has 1 rings (SSSR count). The van der Waals surface area contributed by atoms with E-state index in [-0.39, 0.29) is 5.91 Å². The van der Waals surface area contributed by atoms with Crippen LogP contribution in [0.15, 0.2) is 18.2 Å². The first kappa shape index (κ1) is 14.5. The third kappa shape index (κ3) is 4.37. The Labute approximate surface area is 109 Å². The van der Waals surface area contributed by atoms with Crippen LogP contribution in [0.4, 0.5) is 5.69 Å². The van der Waals surface area contributed by atoms with E-state index in [0.717, 1.165) is 24.2 Å². The molecule has 0 aliphatic rings. The van der Waals surface area contributed by atoms with E-state index in [4.69, 9.17) is 5.84 Å². The summed E-state index contributed by atoms with van der Waals surface area (Å²) in [5, 5.41) is 2.95. The molecule has 1 aromatic rings. The normalized spacial score (nSPS) is 10.2. The summed E-state index contributed by atoms with van der Waals surface area (Å²) in [6, 6.07) is 5.47. The number of hydrogen-bond acceptors (Lipinski definition) is 3. The largest absolute Gasteiger partial charge is 0.352 e.